The van der Waals surface area contributed by atoms with Gasteiger partial charge in [0, 0.05) is 11.9 Å². The zero-order valence-electron chi connectivity index (χ0n) is 11.1. The van der Waals surface area contributed by atoms with Crippen molar-refractivity contribution in [2.24, 2.45) is 5.84 Å². The number of hydrogen-bond donors (Lipinski definition) is 3. The highest BCUT2D eigenvalue weighted by Gasteiger charge is 2.15. The molecule has 2 aromatic rings. The Morgan fingerprint density at radius 2 is 1.90 bits per heavy atom. The van der Waals surface area contributed by atoms with Gasteiger partial charge in [0.1, 0.15) is 16.5 Å². The number of hydrazine groups is 1. The van der Waals surface area contributed by atoms with E-state index in [0.29, 0.717) is 5.82 Å². The number of rotatable bonds is 4. The Morgan fingerprint density at radius 1 is 1.15 bits per heavy atom. The zero-order chi connectivity index (χ0) is 14.8. The van der Waals surface area contributed by atoms with Crippen LogP contribution in [-0.2, 0) is 10.0 Å². The van der Waals surface area contributed by atoms with Gasteiger partial charge in [0.2, 0.25) is 0 Å². The maximum atomic E-state index is 12.2. The van der Waals surface area contributed by atoms with Crippen molar-refractivity contribution in [3.05, 3.63) is 41.7 Å². The second-order valence-electron chi connectivity index (χ2n) is 4.30. The molecule has 0 atom stereocenters. The highest BCUT2D eigenvalue weighted by molar-refractivity contribution is 7.92. The van der Waals surface area contributed by atoms with E-state index in [0.717, 1.165) is 11.3 Å². The first-order valence-electron chi connectivity index (χ1n) is 5.81. The summed E-state index contributed by atoms with van der Waals surface area (Å²) in [5.41, 5.74) is 4.00. The average molecular weight is 293 g/mol. The zero-order valence-corrected chi connectivity index (χ0v) is 11.9. The quantitative estimate of drug-likeness (QED) is 0.577. The third kappa shape index (κ3) is 3.22. The smallest absolute Gasteiger partial charge is 0.264 e. The maximum Gasteiger partial charge on any atom is 0.264 e. The van der Waals surface area contributed by atoms with Crippen LogP contribution in [0.4, 0.5) is 11.6 Å². The van der Waals surface area contributed by atoms with Crippen LogP contribution in [0.15, 0.2) is 35.4 Å². The monoisotopic (exact) mass is 293 g/mol. The predicted octanol–water partition coefficient (Wildman–Crippen LogP) is 1.18. The highest BCUT2D eigenvalue weighted by Crippen LogP contribution is 2.16. The number of hydrogen-bond acceptors (Lipinski definition) is 6. The lowest BCUT2D eigenvalue weighted by Gasteiger charge is -2.09. The van der Waals surface area contributed by atoms with Crippen LogP contribution in [0.5, 0.6) is 0 Å². The summed E-state index contributed by atoms with van der Waals surface area (Å²) in [5, 5.41) is 0. The number of pyridine rings is 2. The molecule has 2 aromatic heterocycles. The predicted molar refractivity (Wildman–Crippen MR) is 76.6 cm³/mol. The Labute approximate surface area is 117 Å². The third-order valence-corrected chi connectivity index (χ3v) is 3.87. The molecule has 106 valence electrons. The van der Waals surface area contributed by atoms with Gasteiger partial charge in [-0.1, -0.05) is 0 Å². The molecular weight excluding hydrogens is 278 g/mol. The van der Waals surface area contributed by atoms with Crippen molar-refractivity contribution in [3.63, 3.8) is 0 Å². The topological polar surface area (TPSA) is 110 Å². The normalized spacial score (nSPS) is 11.2. The Morgan fingerprint density at radius 3 is 2.45 bits per heavy atom. The van der Waals surface area contributed by atoms with Gasteiger partial charge in [-0.05, 0) is 43.7 Å². The number of aromatic nitrogens is 2. The molecule has 0 amide bonds. The standard InChI is InChI=1S/C12H15N5O2S/c1-8-5-9(2)15-12(6-8)17-20(18,19)10-3-4-11(16-13)14-7-10/h3-7H,13H2,1-2H3,(H,14,16)(H,15,17). The number of nitrogen functional groups attached to an aromatic ring is 1. The van der Waals surface area contributed by atoms with Gasteiger partial charge in [0.25, 0.3) is 10.0 Å². The molecule has 20 heavy (non-hydrogen) atoms. The van der Waals surface area contributed by atoms with Crippen LogP contribution in [0.3, 0.4) is 0 Å². The highest BCUT2D eigenvalue weighted by atomic mass is 32.2. The summed E-state index contributed by atoms with van der Waals surface area (Å²) in [5.74, 6) is 5.84. The van der Waals surface area contributed by atoms with E-state index in [4.69, 9.17) is 5.84 Å². The summed E-state index contributed by atoms with van der Waals surface area (Å²) < 4.78 is 26.8. The molecule has 2 rings (SSSR count). The molecule has 0 saturated carbocycles. The number of anilines is 2. The van der Waals surface area contributed by atoms with Crippen LogP contribution >= 0.6 is 0 Å². The Balaban J connectivity index is 2.30. The van der Waals surface area contributed by atoms with Crippen LogP contribution in [0.1, 0.15) is 11.3 Å². The number of nitrogens with one attached hydrogen (secondary N) is 2. The second-order valence-corrected chi connectivity index (χ2v) is 5.98. The van der Waals surface area contributed by atoms with Crippen molar-refractivity contribution in [1.29, 1.82) is 0 Å². The first kappa shape index (κ1) is 14.2. The number of nitrogens with two attached hydrogens (primary N) is 1. The van der Waals surface area contributed by atoms with E-state index >= 15 is 0 Å². The van der Waals surface area contributed by atoms with Crippen molar-refractivity contribution in [1.82, 2.24) is 9.97 Å². The molecular formula is C12H15N5O2S. The number of nitrogens with zero attached hydrogens (tertiary/aromatic N) is 2. The van der Waals surface area contributed by atoms with Crippen LogP contribution in [-0.4, -0.2) is 18.4 Å². The van der Waals surface area contributed by atoms with Gasteiger partial charge < -0.3 is 5.43 Å². The van der Waals surface area contributed by atoms with E-state index in [1.165, 1.54) is 18.3 Å². The maximum absolute atomic E-state index is 12.2. The summed E-state index contributed by atoms with van der Waals surface area (Å²) >= 11 is 0. The molecule has 7 nitrogen and oxygen atoms in total. The van der Waals surface area contributed by atoms with E-state index in [9.17, 15) is 8.42 Å². The third-order valence-electron chi connectivity index (χ3n) is 2.53. The lowest BCUT2D eigenvalue weighted by molar-refractivity contribution is 0.600. The number of aryl methyl sites for hydroxylation is 2. The molecule has 0 aromatic carbocycles. The Bertz CT molecular complexity index is 693. The molecule has 0 radical (unpaired) electrons. The van der Waals surface area contributed by atoms with Crippen molar-refractivity contribution < 1.29 is 8.42 Å². The fraction of sp³-hybridized carbons (Fsp3) is 0.167. The first-order valence-corrected chi connectivity index (χ1v) is 7.30. The lowest BCUT2D eigenvalue weighted by atomic mass is 10.2. The lowest BCUT2D eigenvalue weighted by Crippen LogP contribution is -2.15. The van der Waals surface area contributed by atoms with E-state index < -0.39 is 10.0 Å². The van der Waals surface area contributed by atoms with Gasteiger partial charge in [-0.15, -0.1) is 0 Å². The van der Waals surface area contributed by atoms with Gasteiger partial charge in [0.15, 0.2) is 0 Å². The van der Waals surface area contributed by atoms with Crippen LogP contribution in [0, 0.1) is 13.8 Å². The van der Waals surface area contributed by atoms with E-state index in [1.54, 1.807) is 13.0 Å². The molecule has 0 fully saturated rings. The van der Waals surface area contributed by atoms with E-state index in [-0.39, 0.29) is 10.7 Å². The molecule has 0 unspecified atom stereocenters. The molecule has 8 heteroatoms. The van der Waals surface area contributed by atoms with Gasteiger partial charge >= 0.3 is 0 Å². The largest absolute Gasteiger partial charge is 0.308 e. The summed E-state index contributed by atoms with van der Waals surface area (Å²) in [6.45, 7) is 3.67. The molecule has 4 N–H and O–H groups in total. The van der Waals surface area contributed by atoms with Gasteiger partial charge in [-0.25, -0.2) is 24.2 Å². The van der Waals surface area contributed by atoms with Crippen LogP contribution in [0.25, 0.3) is 0 Å². The molecule has 0 aliphatic rings. The fourth-order valence-corrected chi connectivity index (χ4v) is 2.65. The SMILES string of the molecule is Cc1cc(C)nc(NS(=O)(=O)c2ccc(NN)nc2)c1. The molecule has 0 saturated heterocycles. The minimum absolute atomic E-state index is 0.0393. The first-order chi connectivity index (χ1) is 9.40. The average Bonchev–Trinajstić information content (AvgIpc) is 2.37. The molecule has 0 aliphatic carbocycles. The number of sulfonamides is 1. The summed E-state index contributed by atoms with van der Waals surface area (Å²) in [7, 11) is -3.72. The summed E-state index contributed by atoms with van der Waals surface area (Å²) in [6.07, 6.45) is 1.22. The second kappa shape index (κ2) is 5.43. The molecule has 0 spiro atoms. The van der Waals surface area contributed by atoms with Crippen LogP contribution < -0.4 is 16.0 Å². The van der Waals surface area contributed by atoms with Crippen molar-refractivity contribution in [2.75, 3.05) is 10.1 Å². The fourth-order valence-electron chi connectivity index (χ4n) is 1.71. The van der Waals surface area contributed by atoms with Crippen molar-refractivity contribution in [2.45, 2.75) is 18.7 Å². The molecule has 0 aliphatic heterocycles. The van der Waals surface area contributed by atoms with E-state index in [2.05, 4.69) is 20.1 Å². The Kier molecular flexibility index (Phi) is 3.86. The minimum Gasteiger partial charge on any atom is -0.308 e. The summed E-state index contributed by atoms with van der Waals surface area (Å²) in [4.78, 5) is 8.04. The van der Waals surface area contributed by atoms with Crippen molar-refractivity contribution >= 4 is 21.7 Å². The van der Waals surface area contributed by atoms with E-state index in [1.807, 2.05) is 13.0 Å². The minimum atomic E-state index is -3.72. The van der Waals surface area contributed by atoms with Gasteiger partial charge in [-0.3, -0.25) is 4.72 Å². The molecule has 2 heterocycles. The van der Waals surface area contributed by atoms with Crippen LogP contribution in [0.2, 0.25) is 0 Å². The molecule has 0 bridgehead atoms. The van der Waals surface area contributed by atoms with Crippen molar-refractivity contribution in [3.8, 4) is 0 Å². The van der Waals surface area contributed by atoms with Gasteiger partial charge in [-0.2, -0.15) is 0 Å². The van der Waals surface area contributed by atoms with Gasteiger partial charge in [0.05, 0.1) is 0 Å². The summed E-state index contributed by atoms with van der Waals surface area (Å²) in [6, 6.07) is 6.41. The Hall–Kier alpha value is -2.19.